The Morgan fingerprint density at radius 2 is 2.00 bits per heavy atom. The van der Waals surface area contributed by atoms with E-state index in [2.05, 4.69) is 12.2 Å². The van der Waals surface area contributed by atoms with Crippen molar-refractivity contribution in [3.63, 3.8) is 0 Å². The third-order valence-corrected chi connectivity index (χ3v) is 3.66. The molecule has 4 nitrogen and oxygen atoms in total. The van der Waals surface area contributed by atoms with Gasteiger partial charge < -0.3 is 15.8 Å². The first-order valence-corrected chi connectivity index (χ1v) is 6.92. The monoisotopic (exact) mass is 262 g/mol. The molecule has 104 valence electrons. The summed E-state index contributed by atoms with van der Waals surface area (Å²) in [6, 6.07) is 7.10. The molecule has 4 heteroatoms. The van der Waals surface area contributed by atoms with Crippen LogP contribution in [0.15, 0.2) is 24.3 Å². The minimum atomic E-state index is -0.109. The predicted molar refractivity (Wildman–Crippen MR) is 76.9 cm³/mol. The van der Waals surface area contributed by atoms with Gasteiger partial charge in [0.1, 0.15) is 6.61 Å². The van der Waals surface area contributed by atoms with E-state index in [1.54, 1.807) is 24.3 Å². The van der Waals surface area contributed by atoms with Gasteiger partial charge in [0.25, 0.3) is 0 Å². The third kappa shape index (κ3) is 4.24. The molecule has 1 aromatic rings. The van der Waals surface area contributed by atoms with Crippen LogP contribution in [0.3, 0.4) is 0 Å². The summed E-state index contributed by atoms with van der Waals surface area (Å²) in [6.45, 7) is 2.32. The highest BCUT2D eigenvalue weighted by atomic mass is 16.5. The van der Waals surface area contributed by atoms with E-state index in [1.165, 1.54) is 19.3 Å². The van der Waals surface area contributed by atoms with E-state index >= 15 is 0 Å². The highest BCUT2D eigenvalue weighted by Gasteiger charge is 2.22. The molecule has 2 unspecified atom stereocenters. The van der Waals surface area contributed by atoms with Crippen molar-refractivity contribution in [2.45, 2.75) is 38.7 Å². The molecule has 19 heavy (non-hydrogen) atoms. The average molecular weight is 262 g/mol. The van der Waals surface area contributed by atoms with Gasteiger partial charge >= 0.3 is 0 Å². The van der Waals surface area contributed by atoms with E-state index < -0.39 is 0 Å². The SMILES string of the molecule is CC1CCCCC1OCC(=O)Nc1ccc(N)cc1. The molecule has 1 aliphatic carbocycles. The van der Waals surface area contributed by atoms with Crippen LogP contribution in [0.4, 0.5) is 11.4 Å². The van der Waals surface area contributed by atoms with Crippen molar-refractivity contribution >= 4 is 17.3 Å². The second-order valence-corrected chi connectivity index (χ2v) is 5.28. The Balaban J connectivity index is 1.76. The zero-order valence-electron chi connectivity index (χ0n) is 11.4. The molecule has 0 heterocycles. The maximum Gasteiger partial charge on any atom is 0.250 e. The zero-order chi connectivity index (χ0) is 13.7. The van der Waals surface area contributed by atoms with Gasteiger partial charge in [-0.3, -0.25) is 4.79 Å². The van der Waals surface area contributed by atoms with E-state index in [-0.39, 0.29) is 18.6 Å². The lowest BCUT2D eigenvalue weighted by molar-refractivity contribution is -0.124. The van der Waals surface area contributed by atoms with Crippen LogP contribution >= 0.6 is 0 Å². The van der Waals surface area contributed by atoms with Crippen molar-refractivity contribution in [2.24, 2.45) is 5.92 Å². The number of carbonyl (C=O) groups excluding carboxylic acids is 1. The van der Waals surface area contributed by atoms with E-state index in [1.807, 2.05) is 0 Å². The quantitative estimate of drug-likeness (QED) is 0.820. The highest BCUT2D eigenvalue weighted by molar-refractivity contribution is 5.91. The molecule has 1 aromatic carbocycles. The molecule has 0 radical (unpaired) electrons. The summed E-state index contributed by atoms with van der Waals surface area (Å²) in [5, 5.41) is 2.80. The topological polar surface area (TPSA) is 64.3 Å². The molecule has 2 rings (SSSR count). The fourth-order valence-electron chi connectivity index (χ4n) is 2.48. The summed E-state index contributed by atoms with van der Waals surface area (Å²) < 4.78 is 5.72. The minimum Gasteiger partial charge on any atom is -0.399 e. The van der Waals surface area contributed by atoms with Crippen LogP contribution in [-0.2, 0) is 9.53 Å². The molecular weight excluding hydrogens is 240 g/mol. The van der Waals surface area contributed by atoms with Crippen molar-refractivity contribution in [1.82, 2.24) is 0 Å². The van der Waals surface area contributed by atoms with Crippen molar-refractivity contribution < 1.29 is 9.53 Å². The van der Waals surface area contributed by atoms with Gasteiger partial charge in [0, 0.05) is 11.4 Å². The standard InChI is InChI=1S/C15H22N2O2/c1-11-4-2-3-5-14(11)19-10-15(18)17-13-8-6-12(16)7-9-13/h6-9,11,14H,2-5,10,16H2,1H3,(H,17,18). The smallest absolute Gasteiger partial charge is 0.250 e. The predicted octanol–water partition coefficient (Wildman–Crippen LogP) is 2.80. The summed E-state index contributed by atoms with van der Waals surface area (Å²) in [4.78, 5) is 11.8. The van der Waals surface area contributed by atoms with E-state index in [4.69, 9.17) is 10.5 Å². The lowest BCUT2D eigenvalue weighted by atomic mass is 9.88. The molecule has 0 saturated heterocycles. The number of hydrogen-bond donors (Lipinski definition) is 2. The first-order chi connectivity index (χ1) is 9.15. The maximum atomic E-state index is 11.8. The molecule has 0 aliphatic heterocycles. The largest absolute Gasteiger partial charge is 0.399 e. The summed E-state index contributed by atoms with van der Waals surface area (Å²) in [6.07, 6.45) is 4.97. The van der Waals surface area contributed by atoms with E-state index in [9.17, 15) is 4.79 Å². The van der Waals surface area contributed by atoms with Crippen LogP contribution in [0.5, 0.6) is 0 Å². The number of nitrogens with two attached hydrogens (primary N) is 1. The van der Waals surface area contributed by atoms with Gasteiger partial charge in [-0.05, 0) is 43.0 Å². The Kier molecular flexibility index (Phi) is 4.80. The summed E-state index contributed by atoms with van der Waals surface area (Å²) in [5.41, 5.74) is 7.03. The second kappa shape index (κ2) is 6.57. The summed E-state index contributed by atoms with van der Waals surface area (Å²) in [7, 11) is 0. The fraction of sp³-hybridized carbons (Fsp3) is 0.533. The third-order valence-electron chi connectivity index (χ3n) is 3.66. The number of carbonyl (C=O) groups is 1. The van der Waals surface area contributed by atoms with Crippen LogP contribution in [0.25, 0.3) is 0 Å². The zero-order valence-corrected chi connectivity index (χ0v) is 11.4. The van der Waals surface area contributed by atoms with Gasteiger partial charge in [-0.15, -0.1) is 0 Å². The normalized spacial score (nSPS) is 23.0. The van der Waals surface area contributed by atoms with E-state index in [0.717, 1.165) is 12.1 Å². The first-order valence-electron chi connectivity index (χ1n) is 6.92. The first kappa shape index (κ1) is 13.9. The molecular formula is C15H22N2O2. The summed E-state index contributed by atoms with van der Waals surface area (Å²) in [5.74, 6) is 0.445. The van der Waals surface area contributed by atoms with Crippen LogP contribution in [0.1, 0.15) is 32.6 Å². The molecule has 0 spiro atoms. The van der Waals surface area contributed by atoms with Gasteiger partial charge in [0.05, 0.1) is 6.10 Å². The van der Waals surface area contributed by atoms with Crippen molar-refractivity contribution in [3.05, 3.63) is 24.3 Å². The molecule has 0 aromatic heterocycles. The molecule has 2 atom stereocenters. The highest BCUT2D eigenvalue weighted by Crippen LogP contribution is 2.26. The second-order valence-electron chi connectivity index (χ2n) is 5.28. The Hall–Kier alpha value is -1.55. The molecule has 1 saturated carbocycles. The molecule has 1 fully saturated rings. The van der Waals surface area contributed by atoms with Crippen molar-refractivity contribution in [1.29, 1.82) is 0 Å². The Labute approximate surface area is 114 Å². The number of nitrogen functional groups attached to an aromatic ring is 1. The number of amides is 1. The summed E-state index contributed by atoms with van der Waals surface area (Å²) >= 11 is 0. The number of rotatable bonds is 4. The minimum absolute atomic E-state index is 0.109. The lowest BCUT2D eigenvalue weighted by Crippen LogP contribution is -2.29. The van der Waals surface area contributed by atoms with Crippen LogP contribution < -0.4 is 11.1 Å². The van der Waals surface area contributed by atoms with Gasteiger partial charge in [-0.25, -0.2) is 0 Å². The Bertz CT molecular complexity index is 417. The molecule has 1 aliphatic rings. The Morgan fingerprint density at radius 1 is 1.32 bits per heavy atom. The molecule has 3 N–H and O–H groups in total. The number of nitrogens with one attached hydrogen (secondary N) is 1. The average Bonchev–Trinajstić information content (AvgIpc) is 2.40. The fourth-order valence-corrected chi connectivity index (χ4v) is 2.48. The van der Waals surface area contributed by atoms with Crippen LogP contribution in [-0.4, -0.2) is 18.6 Å². The Morgan fingerprint density at radius 3 is 2.68 bits per heavy atom. The van der Waals surface area contributed by atoms with E-state index in [0.29, 0.717) is 11.6 Å². The van der Waals surface area contributed by atoms with Gasteiger partial charge in [-0.2, -0.15) is 0 Å². The van der Waals surface area contributed by atoms with Crippen molar-refractivity contribution in [3.8, 4) is 0 Å². The number of anilines is 2. The van der Waals surface area contributed by atoms with Crippen LogP contribution in [0, 0.1) is 5.92 Å². The van der Waals surface area contributed by atoms with Gasteiger partial charge in [-0.1, -0.05) is 19.8 Å². The number of ether oxygens (including phenoxy) is 1. The number of hydrogen-bond acceptors (Lipinski definition) is 3. The molecule has 0 bridgehead atoms. The lowest BCUT2D eigenvalue weighted by Gasteiger charge is -2.28. The maximum absolute atomic E-state index is 11.8. The van der Waals surface area contributed by atoms with Gasteiger partial charge in [0.2, 0.25) is 5.91 Å². The molecule has 1 amide bonds. The van der Waals surface area contributed by atoms with Gasteiger partial charge in [0.15, 0.2) is 0 Å². The van der Waals surface area contributed by atoms with Crippen molar-refractivity contribution in [2.75, 3.05) is 17.7 Å². The van der Waals surface area contributed by atoms with Crippen LogP contribution in [0.2, 0.25) is 0 Å². The number of benzene rings is 1.